The smallest absolute Gasteiger partial charge is 0.308 e. The molecule has 11 nitrogen and oxygen atoms in total. The molecular weight excluding hydrogens is 494 g/mol. The quantitative estimate of drug-likeness (QED) is 0.346. The summed E-state index contributed by atoms with van der Waals surface area (Å²) in [6.07, 6.45) is 0.442. The van der Waals surface area contributed by atoms with Crippen LogP contribution in [0.5, 0.6) is 17.2 Å². The van der Waals surface area contributed by atoms with Crippen LogP contribution < -0.4 is 19.9 Å². The molecule has 2 aliphatic carbocycles. The number of Topliss-reactive ketones (excluding diaryl/α,β-unsaturated/α-hetero) is 1. The number of rotatable bonds is 4. The van der Waals surface area contributed by atoms with Gasteiger partial charge < -0.3 is 29.9 Å². The normalized spacial score (nSPS) is 15.7. The summed E-state index contributed by atoms with van der Waals surface area (Å²) in [5, 5.41) is 35.6. The molecule has 2 amide bonds. The van der Waals surface area contributed by atoms with E-state index in [9.17, 15) is 34.5 Å². The SMILES string of the molecule is CC(=O)NC(=O)c1c(O)c2c(c(N(C)C)c1O)CC1Cc3c(N(C)C)ccc(OC(C)=O)c3C(O)=C1C2=O. The van der Waals surface area contributed by atoms with E-state index in [0.717, 1.165) is 12.6 Å². The number of esters is 1. The van der Waals surface area contributed by atoms with E-state index in [2.05, 4.69) is 0 Å². The topological polar surface area (TPSA) is 157 Å². The van der Waals surface area contributed by atoms with Crippen LogP contribution in [0, 0.1) is 5.92 Å². The predicted molar refractivity (Wildman–Crippen MR) is 139 cm³/mol. The Hall–Kier alpha value is -4.54. The molecule has 0 fully saturated rings. The minimum Gasteiger partial charge on any atom is -0.507 e. The number of anilines is 2. The number of aliphatic hydroxyl groups is 1. The van der Waals surface area contributed by atoms with Crippen LogP contribution in [0.15, 0.2) is 17.7 Å². The Morgan fingerprint density at radius 1 is 0.921 bits per heavy atom. The zero-order valence-corrected chi connectivity index (χ0v) is 21.9. The van der Waals surface area contributed by atoms with Crippen LogP contribution >= 0.6 is 0 Å². The highest BCUT2D eigenvalue weighted by Crippen LogP contribution is 2.52. The standard InChI is InChI=1S/C27H29N3O8/c1-11(31)28-27(37)21-25(35)20-15(22(26(21)36)30(5)6)10-13-9-14-16(29(3)4)7-8-17(38-12(2)32)19(14)23(33)18(13)24(20)34/h7-8,13,33,35-36H,9-10H2,1-6H3,(H,28,31,37). The second-order valence-electron chi connectivity index (χ2n) is 9.80. The Labute approximate surface area is 218 Å². The molecule has 1 unspecified atom stereocenters. The summed E-state index contributed by atoms with van der Waals surface area (Å²) in [7, 11) is 6.87. The number of carbonyl (C=O) groups is 4. The number of nitrogens with zero attached hydrogens (tertiary/aromatic N) is 2. The van der Waals surface area contributed by atoms with Crippen LogP contribution in [0.4, 0.5) is 11.4 Å². The van der Waals surface area contributed by atoms with Crippen molar-refractivity contribution < 1.29 is 39.2 Å². The second kappa shape index (κ2) is 9.40. The summed E-state index contributed by atoms with van der Waals surface area (Å²) in [6, 6.07) is 3.30. The van der Waals surface area contributed by atoms with Crippen molar-refractivity contribution in [3.05, 3.63) is 45.5 Å². The Bertz CT molecular complexity index is 1460. The van der Waals surface area contributed by atoms with Gasteiger partial charge >= 0.3 is 5.97 Å². The van der Waals surface area contributed by atoms with Crippen molar-refractivity contribution >= 4 is 40.7 Å². The van der Waals surface area contributed by atoms with Gasteiger partial charge in [0.1, 0.15) is 22.8 Å². The average molecular weight is 524 g/mol. The van der Waals surface area contributed by atoms with Crippen LogP contribution in [0.2, 0.25) is 0 Å². The number of aliphatic hydroxyl groups excluding tert-OH is 1. The third kappa shape index (κ3) is 4.09. The van der Waals surface area contributed by atoms with Gasteiger partial charge in [-0.1, -0.05) is 0 Å². The number of phenolic OH excluding ortho intramolecular Hbond substituents is 2. The van der Waals surface area contributed by atoms with E-state index in [1.807, 2.05) is 24.3 Å². The van der Waals surface area contributed by atoms with Crippen molar-refractivity contribution in [2.45, 2.75) is 26.7 Å². The molecule has 0 aromatic heterocycles. The fourth-order valence-electron chi connectivity index (χ4n) is 5.39. The Balaban J connectivity index is 2.02. The third-order valence-corrected chi connectivity index (χ3v) is 6.74. The number of imide groups is 1. The van der Waals surface area contributed by atoms with Crippen molar-refractivity contribution in [3.63, 3.8) is 0 Å². The van der Waals surface area contributed by atoms with Crippen molar-refractivity contribution in [1.82, 2.24) is 5.32 Å². The predicted octanol–water partition coefficient (Wildman–Crippen LogP) is 2.31. The number of ether oxygens (including phenoxy) is 1. The first-order chi connectivity index (χ1) is 17.8. The highest BCUT2D eigenvalue weighted by Gasteiger charge is 2.44. The fourth-order valence-corrected chi connectivity index (χ4v) is 5.39. The highest BCUT2D eigenvalue weighted by atomic mass is 16.5. The summed E-state index contributed by atoms with van der Waals surface area (Å²) in [5.41, 5.74) is 1.21. The first-order valence-electron chi connectivity index (χ1n) is 11.9. The molecule has 2 aromatic carbocycles. The van der Waals surface area contributed by atoms with Crippen molar-refractivity contribution in [2.24, 2.45) is 5.92 Å². The number of benzene rings is 2. The number of nitrogens with one attached hydrogen (secondary N) is 1. The number of carbonyl (C=O) groups excluding carboxylic acids is 4. The molecule has 0 spiro atoms. The van der Waals surface area contributed by atoms with E-state index in [4.69, 9.17) is 4.74 Å². The van der Waals surface area contributed by atoms with Gasteiger partial charge in [-0.15, -0.1) is 0 Å². The van der Waals surface area contributed by atoms with Gasteiger partial charge in [0.05, 0.1) is 16.8 Å². The molecule has 0 saturated heterocycles. The minimum absolute atomic E-state index is 0.00192. The molecule has 11 heteroatoms. The summed E-state index contributed by atoms with van der Waals surface area (Å²) in [6.45, 7) is 2.32. The molecular formula is C27H29N3O8. The van der Waals surface area contributed by atoms with Crippen LogP contribution in [0.3, 0.4) is 0 Å². The molecule has 200 valence electrons. The van der Waals surface area contributed by atoms with Crippen LogP contribution in [-0.2, 0) is 22.4 Å². The molecule has 0 saturated carbocycles. The highest BCUT2D eigenvalue weighted by molar-refractivity contribution is 6.20. The molecule has 4 N–H and O–H groups in total. The number of allylic oxidation sites excluding steroid dienone is 1. The third-order valence-electron chi connectivity index (χ3n) is 6.74. The lowest BCUT2D eigenvalue weighted by molar-refractivity contribution is -0.132. The number of hydrogen-bond acceptors (Lipinski definition) is 10. The fraction of sp³-hybridized carbons (Fsp3) is 0.333. The summed E-state index contributed by atoms with van der Waals surface area (Å²) in [4.78, 5) is 53.3. The number of amides is 2. The van der Waals surface area contributed by atoms with Gasteiger partial charge in [0.15, 0.2) is 11.5 Å². The first kappa shape index (κ1) is 26.5. The molecule has 38 heavy (non-hydrogen) atoms. The van der Waals surface area contributed by atoms with Gasteiger partial charge in [-0.25, -0.2) is 0 Å². The lowest BCUT2D eigenvalue weighted by atomic mass is 9.70. The zero-order valence-electron chi connectivity index (χ0n) is 21.9. The molecule has 0 bridgehead atoms. The molecule has 0 radical (unpaired) electrons. The van der Waals surface area contributed by atoms with Crippen molar-refractivity contribution in [2.75, 3.05) is 38.0 Å². The number of ketones is 1. The van der Waals surface area contributed by atoms with Crippen LogP contribution in [-0.4, -0.2) is 67.1 Å². The van der Waals surface area contributed by atoms with E-state index < -0.39 is 46.5 Å². The summed E-state index contributed by atoms with van der Waals surface area (Å²) >= 11 is 0. The Kier molecular flexibility index (Phi) is 6.56. The minimum atomic E-state index is -1.08. The van der Waals surface area contributed by atoms with Gasteiger partial charge in [-0.3, -0.25) is 24.5 Å². The zero-order chi connectivity index (χ0) is 28.2. The second-order valence-corrected chi connectivity index (χ2v) is 9.80. The monoisotopic (exact) mass is 523 g/mol. The summed E-state index contributed by atoms with van der Waals surface area (Å²) < 4.78 is 5.34. The van der Waals surface area contributed by atoms with Crippen molar-refractivity contribution in [1.29, 1.82) is 0 Å². The summed E-state index contributed by atoms with van der Waals surface area (Å²) in [5.74, 6) is -5.34. The average Bonchev–Trinajstić information content (AvgIpc) is 2.77. The van der Waals surface area contributed by atoms with E-state index in [0.29, 0.717) is 17.5 Å². The largest absolute Gasteiger partial charge is 0.507 e. The van der Waals surface area contributed by atoms with Gasteiger partial charge in [0.2, 0.25) is 5.91 Å². The maximum Gasteiger partial charge on any atom is 0.308 e. The molecule has 4 rings (SSSR count). The number of aromatic hydroxyl groups is 2. The molecule has 0 heterocycles. The van der Waals surface area contributed by atoms with Gasteiger partial charge in [-0.05, 0) is 42.0 Å². The van der Waals surface area contributed by atoms with E-state index in [-0.39, 0.29) is 40.3 Å². The molecule has 2 aliphatic rings. The number of hydrogen-bond donors (Lipinski definition) is 4. The van der Waals surface area contributed by atoms with Crippen molar-refractivity contribution in [3.8, 4) is 17.2 Å². The van der Waals surface area contributed by atoms with Gasteiger partial charge in [0, 0.05) is 53.3 Å². The van der Waals surface area contributed by atoms with Crippen LogP contribution in [0.1, 0.15) is 51.3 Å². The molecule has 2 aromatic rings. The molecule has 0 aliphatic heterocycles. The Morgan fingerprint density at radius 3 is 2.11 bits per heavy atom. The lowest BCUT2D eigenvalue weighted by Crippen LogP contribution is -2.33. The van der Waals surface area contributed by atoms with Gasteiger partial charge in [-0.2, -0.15) is 0 Å². The lowest BCUT2D eigenvalue weighted by Gasteiger charge is -2.36. The maximum absolute atomic E-state index is 13.9. The Morgan fingerprint density at radius 2 is 1.55 bits per heavy atom. The van der Waals surface area contributed by atoms with Gasteiger partial charge in [0.25, 0.3) is 5.91 Å². The van der Waals surface area contributed by atoms with E-state index in [1.165, 1.54) is 17.9 Å². The van der Waals surface area contributed by atoms with E-state index >= 15 is 0 Å². The maximum atomic E-state index is 13.9. The van der Waals surface area contributed by atoms with Crippen LogP contribution in [0.25, 0.3) is 5.76 Å². The number of phenols is 2. The molecule has 1 atom stereocenters. The van der Waals surface area contributed by atoms with E-state index in [1.54, 1.807) is 20.2 Å². The number of fused-ring (bicyclic) bond motifs is 3. The first-order valence-corrected chi connectivity index (χ1v) is 11.9.